The van der Waals surface area contributed by atoms with E-state index in [4.69, 9.17) is 21.9 Å². The molecule has 1 aromatic carbocycles. The summed E-state index contributed by atoms with van der Waals surface area (Å²) in [5.74, 6) is 0. The van der Waals surface area contributed by atoms with Crippen molar-refractivity contribution in [1.29, 1.82) is 0 Å². The third kappa shape index (κ3) is 3.77. The van der Waals surface area contributed by atoms with E-state index >= 15 is 0 Å². The zero-order valence-electron chi connectivity index (χ0n) is 19.8. The fraction of sp³-hybridized carbons (Fsp3) is 0.407. The second-order valence-corrected chi connectivity index (χ2v) is 9.93. The molecule has 2 atom stereocenters. The fourth-order valence-electron chi connectivity index (χ4n) is 5.59. The molecular formula is C27H31N5OS. The average molecular weight is 474 g/mol. The first-order chi connectivity index (χ1) is 16.6. The molecule has 0 bridgehead atoms. The summed E-state index contributed by atoms with van der Waals surface area (Å²) in [6.45, 7) is 7.92. The van der Waals surface area contributed by atoms with Crippen LogP contribution in [0.15, 0.2) is 54.7 Å². The van der Waals surface area contributed by atoms with Crippen molar-refractivity contribution < 1.29 is 4.74 Å². The van der Waals surface area contributed by atoms with Gasteiger partial charge in [-0.2, -0.15) is 0 Å². The molecule has 0 unspecified atom stereocenters. The Morgan fingerprint density at radius 2 is 1.74 bits per heavy atom. The minimum atomic E-state index is -0.0132. The van der Waals surface area contributed by atoms with E-state index in [2.05, 4.69) is 76.0 Å². The van der Waals surface area contributed by atoms with Crippen molar-refractivity contribution in [3.05, 3.63) is 77.4 Å². The Bertz CT molecular complexity index is 1180. The van der Waals surface area contributed by atoms with E-state index in [-0.39, 0.29) is 12.1 Å². The fourth-order valence-corrected chi connectivity index (χ4v) is 5.94. The Morgan fingerprint density at radius 3 is 2.41 bits per heavy atom. The number of aryl methyl sites for hydroxylation is 1. The van der Waals surface area contributed by atoms with Gasteiger partial charge in [0, 0.05) is 48.1 Å². The molecule has 3 aliphatic rings. The monoisotopic (exact) mass is 473 g/mol. The summed E-state index contributed by atoms with van der Waals surface area (Å²) in [5.41, 5.74) is 7.34. The van der Waals surface area contributed by atoms with Gasteiger partial charge in [-0.05, 0) is 86.9 Å². The van der Waals surface area contributed by atoms with Gasteiger partial charge in [0.2, 0.25) is 0 Å². The van der Waals surface area contributed by atoms with Crippen LogP contribution < -0.4 is 15.1 Å². The van der Waals surface area contributed by atoms with E-state index in [9.17, 15) is 0 Å². The van der Waals surface area contributed by atoms with Crippen molar-refractivity contribution in [2.45, 2.75) is 44.8 Å². The molecule has 3 aromatic rings. The van der Waals surface area contributed by atoms with Gasteiger partial charge in [-0.3, -0.25) is 4.98 Å². The number of aromatic nitrogens is 2. The first kappa shape index (κ1) is 21.6. The number of nitrogens with one attached hydrogen (secondary N) is 1. The van der Waals surface area contributed by atoms with Crippen LogP contribution in [0.5, 0.6) is 0 Å². The van der Waals surface area contributed by atoms with Crippen LogP contribution in [0.2, 0.25) is 0 Å². The number of ether oxygens (including phenoxy) is 1. The summed E-state index contributed by atoms with van der Waals surface area (Å²) < 4.78 is 8.04. The van der Waals surface area contributed by atoms with E-state index < -0.39 is 0 Å². The Balaban J connectivity index is 1.40. The number of rotatable bonds is 5. The van der Waals surface area contributed by atoms with Crippen LogP contribution in [-0.2, 0) is 4.74 Å². The van der Waals surface area contributed by atoms with Gasteiger partial charge in [0.15, 0.2) is 5.11 Å². The molecule has 1 aliphatic carbocycles. The normalized spacial score (nSPS) is 22.8. The molecule has 0 radical (unpaired) electrons. The molecule has 7 heteroatoms. The molecule has 2 aromatic heterocycles. The molecule has 0 amide bonds. The zero-order valence-corrected chi connectivity index (χ0v) is 20.6. The van der Waals surface area contributed by atoms with Crippen LogP contribution >= 0.6 is 12.2 Å². The summed E-state index contributed by atoms with van der Waals surface area (Å²) in [6.07, 6.45) is 4.41. The van der Waals surface area contributed by atoms with Gasteiger partial charge < -0.3 is 24.4 Å². The summed E-state index contributed by atoms with van der Waals surface area (Å²) >= 11 is 5.93. The number of morpholine rings is 1. The molecule has 0 spiro atoms. The molecule has 4 heterocycles. The lowest BCUT2D eigenvalue weighted by molar-refractivity contribution is 0.122. The van der Waals surface area contributed by atoms with Crippen LogP contribution in [-0.4, -0.2) is 41.0 Å². The van der Waals surface area contributed by atoms with Gasteiger partial charge in [0.25, 0.3) is 0 Å². The van der Waals surface area contributed by atoms with E-state index in [1.54, 1.807) is 0 Å². The zero-order chi connectivity index (χ0) is 23.2. The Kier molecular flexibility index (Phi) is 5.54. The standard InChI is InChI=1S/C27H31N5OS/c1-18-17-23(19(2)31(18)21-10-11-21)26-25(24-5-3-4-12-28-24)29-27(34)32(26)22-8-6-20(7-9-22)30-13-15-33-16-14-30/h3-9,12,17,21,25-26H,10-11,13-16H2,1-2H3,(H,29,34)/t25-,26-/m0/s1. The first-order valence-electron chi connectivity index (χ1n) is 12.2. The van der Waals surface area contributed by atoms with Crippen molar-refractivity contribution >= 4 is 28.7 Å². The first-order valence-corrected chi connectivity index (χ1v) is 12.6. The maximum atomic E-state index is 5.93. The highest BCUT2D eigenvalue weighted by atomic mass is 32.1. The second-order valence-electron chi connectivity index (χ2n) is 9.54. The lowest BCUT2D eigenvalue weighted by Crippen LogP contribution is -2.36. The van der Waals surface area contributed by atoms with Crippen molar-refractivity contribution in [3.63, 3.8) is 0 Å². The second kappa shape index (κ2) is 8.71. The van der Waals surface area contributed by atoms with Crippen LogP contribution in [0, 0.1) is 13.8 Å². The number of benzene rings is 1. The van der Waals surface area contributed by atoms with Gasteiger partial charge >= 0.3 is 0 Å². The average Bonchev–Trinajstić information content (AvgIpc) is 3.58. The summed E-state index contributed by atoms with van der Waals surface area (Å²) in [5, 5.41) is 4.35. The SMILES string of the molecule is Cc1cc([C@H]2[C@H](c3ccccn3)NC(=S)N2c2ccc(N3CCOCC3)cc2)c(C)n1C1CC1. The smallest absolute Gasteiger partial charge is 0.174 e. The van der Waals surface area contributed by atoms with Gasteiger partial charge in [-0.15, -0.1) is 0 Å². The topological polar surface area (TPSA) is 45.6 Å². The van der Waals surface area contributed by atoms with E-state index in [1.807, 2.05) is 12.3 Å². The lowest BCUT2D eigenvalue weighted by Gasteiger charge is -2.31. The third-order valence-electron chi connectivity index (χ3n) is 7.36. The molecule has 1 N–H and O–H groups in total. The van der Waals surface area contributed by atoms with Gasteiger partial charge in [0.1, 0.15) is 0 Å². The quantitative estimate of drug-likeness (QED) is 0.535. The number of pyridine rings is 1. The number of hydrogen-bond acceptors (Lipinski definition) is 4. The van der Waals surface area contributed by atoms with Crippen LogP contribution in [0.25, 0.3) is 0 Å². The van der Waals surface area contributed by atoms with Gasteiger partial charge in [-0.25, -0.2) is 0 Å². The molecule has 34 heavy (non-hydrogen) atoms. The highest BCUT2D eigenvalue weighted by Crippen LogP contribution is 2.46. The minimum absolute atomic E-state index is 0.0132. The number of nitrogens with zero attached hydrogens (tertiary/aromatic N) is 4. The predicted octanol–water partition coefficient (Wildman–Crippen LogP) is 4.85. The molecule has 176 valence electrons. The molecule has 2 aliphatic heterocycles. The highest BCUT2D eigenvalue weighted by Gasteiger charge is 2.43. The van der Waals surface area contributed by atoms with Crippen molar-refractivity contribution in [3.8, 4) is 0 Å². The Morgan fingerprint density at radius 1 is 1.00 bits per heavy atom. The van der Waals surface area contributed by atoms with E-state index in [1.165, 1.54) is 35.5 Å². The van der Waals surface area contributed by atoms with Crippen molar-refractivity contribution in [2.75, 3.05) is 36.1 Å². The maximum absolute atomic E-state index is 5.93. The Hall–Kier alpha value is -2.90. The summed E-state index contributed by atoms with van der Waals surface area (Å²) in [4.78, 5) is 9.38. The van der Waals surface area contributed by atoms with Crippen LogP contribution in [0.4, 0.5) is 11.4 Å². The molecule has 2 saturated heterocycles. The minimum Gasteiger partial charge on any atom is -0.378 e. The summed E-state index contributed by atoms with van der Waals surface area (Å²) in [6, 6.07) is 18.0. The molecule has 6 rings (SSSR count). The predicted molar refractivity (Wildman–Crippen MR) is 140 cm³/mol. The lowest BCUT2D eigenvalue weighted by atomic mass is 9.96. The van der Waals surface area contributed by atoms with Crippen LogP contribution in [0.1, 0.15) is 53.6 Å². The van der Waals surface area contributed by atoms with Gasteiger partial charge in [-0.1, -0.05) is 6.07 Å². The largest absolute Gasteiger partial charge is 0.378 e. The highest BCUT2D eigenvalue weighted by molar-refractivity contribution is 7.80. The summed E-state index contributed by atoms with van der Waals surface area (Å²) in [7, 11) is 0. The molecule has 1 saturated carbocycles. The maximum Gasteiger partial charge on any atom is 0.174 e. The number of hydrogen-bond donors (Lipinski definition) is 1. The molecular weight excluding hydrogens is 442 g/mol. The third-order valence-corrected chi connectivity index (χ3v) is 7.67. The Labute approximate surface area is 206 Å². The van der Waals surface area contributed by atoms with E-state index in [0.29, 0.717) is 6.04 Å². The van der Waals surface area contributed by atoms with Gasteiger partial charge in [0.05, 0.1) is 31.0 Å². The van der Waals surface area contributed by atoms with Crippen LogP contribution in [0.3, 0.4) is 0 Å². The van der Waals surface area contributed by atoms with Crippen molar-refractivity contribution in [2.24, 2.45) is 0 Å². The van der Waals surface area contributed by atoms with E-state index in [0.717, 1.165) is 42.8 Å². The number of anilines is 2. The molecule has 3 fully saturated rings. The molecule has 6 nitrogen and oxygen atoms in total. The number of thiocarbonyl (C=S) groups is 1. The van der Waals surface area contributed by atoms with Crippen molar-refractivity contribution in [1.82, 2.24) is 14.9 Å².